The summed E-state index contributed by atoms with van der Waals surface area (Å²) in [6, 6.07) is 14.5. The molecule has 0 spiro atoms. The molecule has 1 atom stereocenters. The molecule has 0 saturated carbocycles. The molecular weight excluding hydrogens is 462 g/mol. The van der Waals surface area contributed by atoms with E-state index >= 15 is 0 Å². The number of amides is 2. The molecule has 9 heteroatoms. The second kappa shape index (κ2) is 10.5. The van der Waals surface area contributed by atoms with Crippen molar-refractivity contribution in [2.45, 2.75) is 71.8 Å². The molecule has 0 bridgehead atoms. The van der Waals surface area contributed by atoms with Crippen LogP contribution in [0.1, 0.15) is 52.7 Å². The van der Waals surface area contributed by atoms with E-state index in [0.717, 1.165) is 21.9 Å². The van der Waals surface area contributed by atoms with Crippen molar-refractivity contribution in [1.82, 2.24) is 5.32 Å². The van der Waals surface area contributed by atoms with Crippen LogP contribution in [0, 0.1) is 0 Å². The minimum Gasteiger partial charge on any atom is -0.444 e. The Hall–Kier alpha value is -3.75. The zero-order valence-corrected chi connectivity index (χ0v) is 22.0. The second-order valence-corrected chi connectivity index (χ2v) is 10.7. The predicted molar refractivity (Wildman–Crippen MR) is 137 cm³/mol. The van der Waals surface area contributed by atoms with Crippen LogP contribution in [0.15, 0.2) is 48.5 Å². The van der Waals surface area contributed by atoms with Crippen LogP contribution in [-0.2, 0) is 32.1 Å². The van der Waals surface area contributed by atoms with Gasteiger partial charge in [0.05, 0.1) is 5.69 Å². The summed E-state index contributed by atoms with van der Waals surface area (Å²) in [5, 5.41) is 3.50. The summed E-state index contributed by atoms with van der Waals surface area (Å²) >= 11 is 0. The molecule has 3 rings (SSSR count). The summed E-state index contributed by atoms with van der Waals surface area (Å²) in [6.45, 7) is 10.9. The number of anilines is 2. The van der Waals surface area contributed by atoms with E-state index in [1.165, 1.54) is 0 Å². The molecule has 1 aliphatic rings. The molecule has 2 aromatic rings. The van der Waals surface area contributed by atoms with E-state index in [1.807, 2.05) is 49.5 Å². The molecule has 1 N–H and O–H groups in total. The molecule has 2 amide bonds. The summed E-state index contributed by atoms with van der Waals surface area (Å²) in [7, 11) is 1.99. The first-order chi connectivity index (χ1) is 16.7. The van der Waals surface area contributed by atoms with E-state index in [-0.39, 0.29) is 6.42 Å². The second-order valence-electron chi connectivity index (χ2n) is 10.7. The molecule has 0 fully saturated rings. The van der Waals surface area contributed by atoms with Crippen molar-refractivity contribution in [3.05, 3.63) is 59.7 Å². The van der Waals surface area contributed by atoms with Crippen LogP contribution in [0.25, 0.3) is 0 Å². The Labute approximate surface area is 212 Å². The van der Waals surface area contributed by atoms with E-state index in [0.29, 0.717) is 12.2 Å². The number of ether oxygens (including phenoxy) is 2. The number of hydrogen-bond acceptors (Lipinski definition) is 7. The van der Waals surface area contributed by atoms with Crippen molar-refractivity contribution in [2.24, 2.45) is 0 Å². The van der Waals surface area contributed by atoms with Crippen LogP contribution in [0.3, 0.4) is 0 Å². The Morgan fingerprint density at radius 2 is 1.64 bits per heavy atom. The lowest BCUT2D eigenvalue weighted by Gasteiger charge is -2.33. The number of hydrogen-bond donors (Lipinski definition) is 1. The first kappa shape index (κ1) is 26.8. The van der Waals surface area contributed by atoms with Gasteiger partial charge in [-0.05, 0) is 70.9 Å². The number of carbonyl (C=O) groups excluding carboxylic acids is 3. The van der Waals surface area contributed by atoms with Crippen molar-refractivity contribution in [3.8, 4) is 0 Å². The van der Waals surface area contributed by atoms with Gasteiger partial charge in [0.2, 0.25) is 0 Å². The standard InChI is InChI=1S/C27H35N3O6/c1-26(2,3)34-24(32)28-21-16-19-15-18(17-29(7)20-11-9-8-10-12-20)13-14-22(19)30(23(21)31)36-25(33)35-27(4,5)6/h8-15,21H,16-17H2,1-7H3,(H,28,32). The van der Waals surface area contributed by atoms with Crippen LogP contribution < -0.4 is 15.3 Å². The minimum absolute atomic E-state index is 0.213. The number of nitrogens with zero attached hydrogens (tertiary/aromatic N) is 2. The Bertz CT molecular complexity index is 1100. The quantitative estimate of drug-likeness (QED) is 0.583. The van der Waals surface area contributed by atoms with E-state index < -0.39 is 35.4 Å². The van der Waals surface area contributed by atoms with Crippen LogP contribution >= 0.6 is 0 Å². The first-order valence-electron chi connectivity index (χ1n) is 11.8. The number of fused-ring (bicyclic) bond motifs is 1. The van der Waals surface area contributed by atoms with Crippen LogP contribution in [0.2, 0.25) is 0 Å². The van der Waals surface area contributed by atoms with Crippen molar-refractivity contribution in [2.75, 3.05) is 17.0 Å². The number of hydroxylamine groups is 1. The Morgan fingerprint density at radius 3 is 2.25 bits per heavy atom. The first-order valence-corrected chi connectivity index (χ1v) is 11.8. The number of rotatable bonds is 5. The third-order valence-electron chi connectivity index (χ3n) is 5.15. The third kappa shape index (κ3) is 7.37. The molecule has 0 radical (unpaired) electrons. The van der Waals surface area contributed by atoms with E-state index in [1.54, 1.807) is 47.6 Å². The molecule has 9 nitrogen and oxygen atoms in total. The highest BCUT2D eigenvalue weighted by Crippen LogP contribution is 2.31. The molecule has 2 aromatic carbocycles. The van der Waals surface area contributed by atoms with Gasteiger partial charge in [0, 0.05) is 25.7 Å². The van der Waals surface area contributed by atoms with Crippen molar-refractivity contribution in [1.29, 1.82) is 0 Å². The molecule has 0 aromatic heterocycles. The summed E-state index contributed by atoms with van der Waals surface area (Å²) in [5.41, 5.74) is 1.66. The fourth-order valence-electron chi connectivity index (χ4n) is 3.71. The number of para-hydroxylation sites is 1. The van der Waals surface area contributed by atoms with Crippen LogP contribution in [0.5, 0.6) is 0 Å². The Balaban J connectivity index is 1.88. The molecule has 1 heterocycles. The van der Waals surface area contributed by atoms with Gasteiger partial charge in [-0.1, -0.05) is 30.3 Å². The highest BCUT2D eigenvalue weighted by atomic mass is 16.8. The molecule has 36 heavy (non-hydrogen) atoms. The summed E-state index contributed by atoms with van der Waals surface area (Å²) in [4.78, 5) is 45.5. The van der Waals surface area contributed by atoms with Crippen molar-refractivity contribution in [3.63, 3.8) is 0 Å². The molecule has 0 aliphatic carbocycles. The molecule has 1 aliphatic heterocycles. The number of carbonyl (C=O) groups is 3. The van der Waals surface area contributed by atoms with Crippen LogP contribution in [-0.4, -0.2) is 42.4 Å². The smallest absolute Gasteiger partial charge is 0.444 e. The highest BCUT2D eigenvalue weighted by Gasteiger charge is 2.38. The molecule has 1 unspecified atom stereocenters. The lowest BCUT2D eigenvalue weighted by molar-refractivity contribution is -0.128. The fourth-order valence-corrected chi connectivity index (χ4v) is 3.71. The highest BCUT2D eigenvalue weighted by molar-refractivity contribution is 6.01. The zero-order chi connectivity index (χ0) is 26.7. The van der Waals surface area contributed by atoms with Gasteiger partial charge >= 0.3 is 12.2 Å². The largest absolute Gasteiger partial charge is 0.534 e. The van der Waals surface area contributed by atoms with Gasteiger partial charge in [-0.25, -0.2) is 9.59 Å². The van der Waals surface area contributed by atoms with Crippen molar-refractivity contribution >= 4 is 29.5 Å². The summed E-state index contributed by atoms with van der Waals surface area (Å²) in [6.07, 6.45) is -1.54. The van der Waals surface area contributed by atoms with E-state index in [2.05, 4.69) is 10.2 Å². The third-order valence-corrected chi connectivity index (χ3v) is 5.15. The Morgan fingerprint density at radius 1 is 1.00 bits per heavy atom. The lowest BCUT2D eigenvalue weighted by atomic mass is 9.96. The number of nitrogens with one attached hydrogen (secondary N) is 1. The van der Waals surface area contributed by atoms with Gasteiger partial charge in [0.1, 0.15) is 17.2 Å². The van der Waals surface area contributed by atoms with Gasteiger partial charge in [-0.2, -0.15) is 0 Å². The molecule has 194 valence electrons. The van der Waals surface area contributed by atoms with Gasteiger partial charge in [-0.3, -0.25) is 9.63 Å². The zero-order valence-electron chi connectivity index (χ0n) is 22.0. The average Bonchev–Trinajstić information content (AvgIpc) is 2.74. The SMILES string of the molecule is CN(Cc1ccc2c(c1)CC(NC(=O)OC(C)(C)C)C(=O)N2OC(=O)OC(C)(C)C)c1ccccc1. The molecule has 0 saturated heterocycles. The van der Waals surface area contributed by atoms with Gasteiger partial charge in [0.15, 0.2) is 0 Å². The topological polar surface area (TPSA) is 97.4 Å². The maximum absolute atomic E-state index is 13.3. The number of benzene rings is 2. The van der Waals surface area contributed by atoms with Gasteiger partial charge in [-0.15, -0.1) is 5.06 Å². The van der Waals surface area contributed by atoms with Crippen molar-refractivity contribution < 1.29 is 28.7 Å². The van der Waals surface area contributed by atoms with Gasteiger partial charge < -0.3 is 19.7 Å². The predicted octanol–water partition coefficient (Wildman–Crippen LogP) is 4.97. The average molecular weight is 498 g/mol. The molecular formula is C27H35N3O6. The summed E-state index contributed by atoms with van der Waals surface area (Å²) in [5.74, 6) is -0.603. The summed E-state index contributed by atoms with van der Waals surface area (Å²) < 4.78 is 10.6. The number of alkyl carbamates (subject to hydrolysis) is 1. The maximum atomic E-state index is 13.3. The van der Waals surface area contributed by atoms with Gasteiger partial charge in [0.25, 0.3) is 5.91 Å². The fraction of sp³-hybridized carbons (Fsp3) is 0.444. The monoisotopic (exact) mass is 497 g/mol. The van der Waals surface area contributed by atoms with E-state index in [9.17, 15) is 14.4 Å². The normalized spacial score (nSPS) is 15.6. The van der Waals surface area contributed by atoms with E-state index in [4.69, 9.17) is 14.3 Å². The Kier molecular flexibility index (Phi) is 7.81. The maximum Gasteiger partial charge on any atom is 0.534 e. The minimum atomic E-state index is -1.02. The lowest BCUT2D eigenvalue weighted by Crippen LogP contribution is -2.54. The van der Waals surface area contributed by atoms with Crippen LogP contribution in [0.4, 0.5) is 21.0 Å².